The summed E-state index contributed by atoms with van der Waals surface area (Å²) in [6, 6.07) is 0. The minimum absolute atomic E-state index is 0.505. The average molecular weight is 305 g/mol. The molecule has 0 aliphatic rings. The molecule has 0 fully saturated rings. The van der Waals surface area contributed by atoms with Crippen LogP contribution in [0.4, 0.5) is 0 Å². The molecule has 0 saturated carbocycles. The third kappa shape index (κ3) is 6.94. The lowest BCUT2D eigenvalue weighted by molar-refractivity contribution is 0.125. The van der Waals surface area contributed by atoms with E-state index in [1.807, 2.05) is 0 Å². The fourth-order valence-electron chi connectivity index (χ4n) is 2.07. The van der Waals surface area contributed by atoms with E-state index in [9.17, 15) is 0 Å². The molecular formula is C14H32N2O3Si. The highest BCUT2D eigenvalue weighted by atomic mass is 28.4. The Labute approximate surface area is 125 Å². The van der Waals surface area contributed by atoms with Crippen LogP contribution < -0.4 is 0 Å². The van der Waals surface area contributed by atoms with Crippen LogP contribution in [0.5, 0.6) is 0 Å². The molecule has 0 aliphatic heterocycles. The molecule has 20 heavy (non-hydrogen) atoms. The van der Waals surface area contributed by atoms with E-state index in [2.05, 4.69) is 30.7 Å². The number of nitrogens with zero attached hydrogens (tertiary/aromatic N) is 2. The Bertz CT molecular complexity index is 259. The summed E-state index contributed by atoms with van der Waals surface area (Å²) in [4.78, 5) is 7.10. The minimum Gasteiger partial charge on any atom is -0.376 e. The first-order valence-corrected chi connectivity index (χ1v) is 9.44. The van der Waals surface area contributed by atoms with E-state index in [1.165, 1.54) is 5.71 Å². The zero-order valence-electron chi connectivity index (χ0n) is 14.1. The Balaban J connectivity index is 4.34. The topological polar surface area (TPSA) is 43.3 Å². The summed E-state index contributed by atoms with van der Waals surface area (Å²) in [5.41, 5.74) is 1.22. The maximum absolute atomic E-state index is 5.39. The first kappa shape index (κ1) is 19.7. The predicted octanol–water partition coefficient (Wildman–Crippen LogP) is 2.38. The highest BCUT2D eigenvalue weighted by molar-refractivity contribution is 6.61. The summed E-state index contributed by atoms with van der Waals surface area (Å²) in [5, 5.41) is 0. The van der Waals surface area contributed by atoms with Crippen molar-refractivity contribution in [3.8, 4) is 0 Å². The molecule has 0 heterocycles. The van der Waals surface area contributed by atoms with E-state index < -0.39 is 8.80 Å². The first-order valence-electron chi connectivity index (χ1n) is 7.51. The van der Waals surface area contributed by atoms with Gasteiger partial charge in [0.15, 0.2) is 0 Å². The number of aliphatic imine (C=N–C) groups is 1. The fourth-order valence-corrected chi connectivity index (χ4v) is 3.37. The molecule has 0 amide bonds. The molecule has 0 N–H and O–H groups in total. The molecule has 0 atom stereocenters. The van der Waals surface area contributed by atoms with Crippen molar-refractivity contribution in [1.29, 1.82) is 0 Å². The zero-order chi connectivity index (χ0) is 15.4. The maximum Gasteiger partial charge on any atom is 0.522 e. The fraction of sp³-hybridized carbons (Fsp3) is 0.929. The van der Waals surface area contributed by atoms with Crippen molar-refractivity contribution < 1.29 is 13.3 Å². The van der Waals surface area contributed by atoms with Gasteiger partial charge in [-0.3, -0.25) is 4.99 Å². The monoisotopic (exact) mass is 304 g/mol. The Morgan fingerprint density at radius 3 is 1.95 bits per heavy atom. The van der Waals surface area contributed by atoms with Crippen molar-refractivity contribution in [2.75, 3.05) is 47.1 Å². The largest absolute Gasteiger partial charge is 0.522 e. The van der Waals surface area contributed by atoms with Crippen LogP contribution in [0.1, 0.15) is 40.0 Å². The molecule has 0 aromatic rings. The molecule has 0 radical (unpaired) electrons. The summed E-state index contributed by atoms with van der Waals surface area (Å²) in [6.45, 7) is 9.91. The molecule has 0 aromatic carbocycles. The van der Waals surface area contributed by atoms with E-state index in [-0.39, 0.29) is 0 Å². The van der Waals surface area contributed by atoms with Gasteiger partial charge in [-0.05, 0) is 38.9 Å². The molecule has 0 aromatic heterocycles. The first-order chi connectivity index (χ1) is 9.61. The van der Waals surface area contributed by atoms with Crippen LogP contribution in [0, 0.1) is 0 Å². The van der Waals surface area contributed by atoms with E-state index in [0.717, 1.165) is 38.9 Å². The van der Waals surface area contributed by atoms with Crippen LogP contribution in [-0.2, 0) is 13.3 Å². The Morgan fingerprint density at radius 2 is 1.55 bits per heavy atom. The molecule has 0 spiro atoms. The van der Waals surface area contributed by atoms with Gasteiger partial charge in [0.05, 0.1) is 0 Å². The SMILES string of the molecule is CCC(CCCN(CC)CC)=NC[Si](OC)(OC)OC. The lowest BCUT2D eigenvalue weighted by Gasteiger charge is -2.23. The summed E-state index contributed by atoms with van der Waals surface area (Å²) in [7, 11) is 2.31. The van der Waals surface area contributed by atoms with Crippen LogP contribution >= 0.6 is 0 Å². The molecule has 5 nitrogen and oxygen atoms in total. The van der Waals surface area contributed by atoms with Gasteiger partial charge < -0.3 is 18.2 Å². The quantitative estimate of drug-likeness (QED) is 0.410. The minimum atomic E-state index is -2.57. The third-order valence-electron chi connectivity index (χ3n) is 3.67. The van der Waals surface area contributed by atoms with Crippen molar-refractivity contribution in [3.63, 3.8) is 0 Å². The molecular weight excluding hydrogens is 272 g/mol. The number of hydrogen-bond acceptors (Lipinski definition) is 5. The lowest BCUT2D eigenvalue weighted by Crippen LogP contribution is -2.46. The number of rotatable bonds is 12. The van der Waals surface area contributed by atoms with Crippen LogP contribution in [0.25, 0.3) is 0 Å². The van der Waals surface area contributed by atoms with E-state index in [1.54, 1.807) is 21.3 Å². The molecule has 0 bridgehead atoms. The van der Waals surface area contributed by atoms with E-state index in [0.29, 0.717) is 6.17 Å². The van der Waals surface area contributed by atoms with Gasteiger partial charge in [0.1, 0.15) is 6.17 Å². The predicted molar refractivity (Wildman–Crippen MR) is 86.4 cm³/mol. The van der Waals surface area contributed by atoms with Crippen LogP contribution in [0.3, 0.4) is 0 Å². The second kappa shape index (κ2) is 11.4. The van der Waals surface area contributed by atoms with Gasteiger partial charge in [-0.2, -0.15) is 0 Å². The van der Waals surface area contributed by atoms with Crippen molar-refractivity contribution in [2.45, 2.75) is 40.0 Å². The van der Waals surface area contributed by atoms with Crippen LogP contribution in [-0.4, -0.2) is 66.5 Å². The van der Waals surface area contributed by atoms with Gasteiger partial charge in [0.25, 0.3) is 0 Å². The van der Waals surface area contributed by atoms with Gasteiger partial charge in [0.2, 0.25) is 0 Å². The van der Waals surface area contributed by atoms with Crippen molar-refractivity contribution >= 4 is 14.5 Å². The van der Waals surface area contributed by atoms with Crippen LogP contribution in [0.2, 0.25) is 0 Å². The highest BCUT2D eigenvalue weighted by Gasteiger charge is 2.37. The second-order valence-electron chi connectivity index (χ2n) is 4.66. The van der Waals surface area contributed by atoms with Crippen molar-refractivity contribution in [1.82, 2.24) is 4.90 Å². The van der Waals surface area contributed by atoms with Gasteiger partial charge in [-0.1, -0.05) is 20.8 Å². The van der Waals surface area contributed by atoms with E-state index >= 15 is 0 Å². The molecule has 0 unspecified atom stereocenters. The molecule has 120 valence electrons. The molecule has 0 saturated heterocycles. The normalized spacial score (nSPS) is 13.2. The lowest BCUT2D eigenvalue weighted by atomic mass is 10.1. The third-order valence-corrected chi connectivity index (χ3v) is 6.08. The summed E-state index contributed by atoms with van der Waals surface area (Å²) >= 11 is 0. The zero-order valence-corrected chi connectivity index (χ0v) is 15.1. The van der Waals surface area contributed by atoms with Gasteiger partial charge in [-0.15, -0.1) is 0 Å². The van der Waals surface area contributed by atoms with E-state index in [4.69, 9.17) is 13.3 Å². The Kier molecular flexibility index (Phi) is 11.2. The smallest absolute Gasteiger partial charge is 0.376 e. The molecule has 0 aliphatic carbocycles. The van der Waals surface area contributed by atoms with Crippen molar-refractivity contribution in [3.05, 3.63) is 0 Å². The maximum atomic E-state index is 5.39. The van der Waals surface area contributed by atoms with Crippen molar-refractivity contribution in [2.24, 2.45) is 4.99 Å². The van der Waals surface area contributed by atoms with Crippen LogP contribution in [0.15, 0.2) is 4.99 Å². The second-order valence-corrected chi connectivity index (χ2v) is 7.57. The molecule has 0 rings (SSSR count). The van der Waals surface area contributed by atoms with Gasteiger partial charge >= 0.3 is 8.80 Å². The standard InChI is InChI=1S/C14H32N2O3Si/c1-7-14(11-10-12-16(8-2)9-3)15-13-20(17-4,18-5)19-6/h7-13H2,1-6H3. The summed E-state index contributed by atoms with van der Waals surface area (Å²) < 4.78 is 16.2. The van der Waals surface area contributed by atoms with Gasteiger partial charge in [-0.25, -0.2) is 0 Å². The Morgan fingerprint density at radius 1 is 1.00 bits per heavy atom. The number of hydrogen-bond donors (Lipinski definition) is 0. The van der Waals surface area contributed by atoms with Gasteiger partial charge in [0, 0.05) is 27.0 Å². The highest BCUT2D eigenvalue weighted by Crippen LogP contribution is 2.08. The average Bonchev–Trinajstić information content (AvgIpc) is 2.51. The molecule has 6 heteroatoms. The summed E-state index contributed by atoms with van der Waals surface area (Å²) in [6.07, 6.45) is 3.66. The summed E-state index contributed by atoms with van der Waals surface area (Å²) in [5.74, 6) is 0. The Hall–Kier alpha value is -0.273.